The summed E-state index contributed by atoms with van der Waals surface area (Å²) < 4.78 is 0. The fraction of sp³-hybridized carbons (Fsp3) is 0.111. The lowest BCUT2D eigenvalue weighted by Gasteiger charge is -1.97. The fourth-order valence-electron chi connectivity index (χ4n) is 1.31. The first-order valence-corrected chi connectivity index (χ1v) is 3.99. The summed E-state index contributed by atoms with van der Waals surface area (Å²) in [5.41, 5.74) is 2.85. The Morgan fingerprint density at radius 2 is 2.00 bits per heavy atom. The van der Waals surface area contributed by atoms with Crippen LogP contribution in [-0.2, 0) is 6.42 Å². The van der Waals surface area contributed by atoms with Gasteiger partial charge >= 0.3 is 0 Å². The molecule has 1 atom stereocenters. The van der Waals surface area contributed by atoms with Crippen LogP contribution in [0.25, 0.3) is 5.31 Å². The summed E-state index contributed by atoms with van der Waals surface area (Å²) in [4.78, 5) is 0. The maximum absolute atomic E-state index is 2.76. The highest BCUT2D eigenvalue weighted by molar-refractivity contribution is 7.31. The highest BCUT2D eigenvalue weighted by atomic mass is 31.0. The Bertz CT molecular complexity index is 287. The molecule has 10 heavy (non-hydrogen) atoms. The van der Waals surface area contributed by atoms with Crippen molar-refractivity contribution in [2.24, 2.45) is 0 Å². The molecule has 0 aromatic heterocycles. The van der Waals surface area contributed by atoms with Crippen LogP contribution in [0.1, 0.15) is 11.1 Å². The van der Waals surface area contributed by atoms with E-state index in [4.69, 9.17) is 0 Å². The van der Waals surface area contributed by atoms with E-state index in [1.54, 1.807) is 0 Å². The Morgan fingerprint density at radius 1 is 1.20 bits per heavy atom. The summed E-state index contributed by atoms with van der Waals surface area (Å²) >= 11 is 0. The number of rotatable bonds is 0. The van der Waals surface area contributed by atoms with Crippen molar-refractivity contribution in [3.8, 4) is 0 Å². The summed E-state index contributed by atoms with van der Waals surface area (Å²) in [6.45, 7) is 0. The Kier molecular flexibility index (Phi) is 1.35. The van der Waals surface area contributed by atoms with Crippen molar-refractivity contribution in [2.45, 2.75) is 6.42 Å². The molecule has 0 nitrogen and oxygen atoms in total. The molecule has 1 aromatic carbocycles. The summed E-state index contributed by atoms with van der Waals surface area (Å²) in [5.74, 6) is 0. The second-order valence-corrected chi connectivity index (χ2v) is 3.14. The largest absolute Gasteiger partial charge is 0.105 e. The second-order valence-electron chi connectivity index (χ2n) is 2.52. The van der Waals surface area contributed by atoms with Crippen LogP contribution < -0.4 is 0 Å². The molecule has 0 fully saturated rings. The van der Waals surface area contributed by atoms with Crippen LogP contribution in [0.3, 0.4) is 0 Å². The zero-order valence-corrected chi connectivity index (χ0v) is 6.83. The molecule has 2 rings (SSSR count). The van der Waals surface area contributed by atoms with Gasteiger partial charge in [-0.05, 0) is 22.9 Å². The van der Waals surface area contributed by atoms with Crippen molar-refractivity contribution in [1.29, 1.82) is 0 Å². The van der Waals surface area contributed by atoms with Crippen LogP contribution in [0, 0.1) is 0 Å². The molecule has 0 radical (unpaired) electrons. The van der Waals surface area contributed by atoms with Gasteiger partial charge in [0, 0.05) is 0 Å². The van der Waals surface area contributed by atoms with E-state index < -0.39 is 0 Å². The van der Waals surface area contributed by atoms with Crippen LogP contribution >= 0.6 is 9.24 Å². The van der Waals surface area contributed by atoms with Crippen molar-refractivity contribution in [3.63, 3.8) is 0 Å². The highest BCUT2D eigenvalue weighted by Gasteiger charge is 2.07. The number of benzene rings is 1. The number of fused-ring (bicyclic) bond motifs is 1. The third kappa shape index (κ3) is 0.803. The van der Waals surface area contributed by atoms with Gasteiger partial charge in [-0.25, -0.2) is 0 Å². The van der Waals surface area contributed by atoms with Crippen LogP contribution in [0.5, 0.6) is 0 Å². The standard InChI is InChI=1S/C9H9P/c10-9-6-5-7-3-1-2-4-8(7)9/h1-4,6H,5,10H2. The molecule has 0 spiro atoms. The van der Waals surface area contributed by atoms with Crippen molar-refractivity contribution >= 4 is 14.6 Å². The Labute approximate surface area is 63.2 Å². The Morgan fingerprint density at radius 3 is 2.80 bits per heavy atom. The Balaban J connectivity index is 2.61. The molecule has 0 saturated heterocycles. The molecule has 0 aliphatic heterocycles. The first-order valence-electron chi connectivity index (χ1n) is 3.42. The third-order valence-electron chi connectivity index (χ3n) is 1.87. The monoisotopic (exact) mass is 148 g/mol. The third-order valence-corrected chi connectivity index (χ3v) is 2.42. The van der Waals surface area contributed by atoms with Gasteiger partial charge in [0.05, 0.1) is 0 Å². The zero-order chi connectivity index (χ0) is 6.97. The van der Waals surface area contributed by atoms with E-state index in [2.05, 4.69) is 39.6 Å². The van der Waals surface area contributed by atoms with Gasteiger partial charge in [-0.1, -0.05) is 30.3 Å². The molecule has 1 aromatic rings. The lowest BCUT2D eigenvalue weighted by atomic mass is 10.1. The van der Waals surface area contributed by atoms with E-state index in [1.807, 2.05) is 0 Å². The average molecular weight is 148 g/mol. The van der Waals surface area contributed by atoms with Crippen LogP contribution in [-0.4, -0.2) is 0 Å². The fourth-order valence-corrected chi connectivity index (χ4v) is 1.71. The Hall–Kier alpha value is -0.610. The molecular formula is C9H9P. The van der Waals surface area contributed by atoms with E-state index in [1.165, 1.54) is 16.4 Å². The summed E-state index contributed by atoms with van der Waals surface area (Å²) in [7, 11) is 2.76. The van der Waals surface area contributed by atoms with Crippen molar-refractivity contribution in [1.82, 2.24) is 0 Å². The van der Waals surface area contributed by atoms with Crippen LogP contribution in [0.15, 0.2) is 30.3 Å². The molecular weight excluding hydrogens is 139 g/mol. The molecule has 0 N–H and O–H groups in total. The molecule has 1 aliphatic carbocycles. The van der Waals surface area contributed by atoms with Crippen LogP contribution in [0.2, 0.25) is 0 Å². The van der Waals surface area contributed by atoms with E-state index >= 15 is 0 Å². The van der Waals surface area contributed by atoms with Gasteiger partial charge in [-0.3, -0.25) is 0 Å². The molecule has 0 saturated carbocycles. The highest BCUT2D eigenvalue weighted by Crippen LogP contribution is 2.31. The normalized spacial score (nSPS) is 14.7. The lowest BCUT2D eigenvalue weighted by Crippen LogP contribution is -1.78. The predicted molar refractivity (Wildman–Crippen MR) is 47.8 cm³/mol. The maximum Gasteiger partial charge on any atom is -0.00819 e. The summed E-state index contributed by atoms with van der Waals surface area (Å²) in [6, 6.07) is 8.53. The number of hydrogen-bond acceptors (Lipinski definition) is 0. The topological polar surface area (TPSA) is 0 Å². The maximum atomic E-state index is 2.76. The SMILES string of the molecule is PC1=CCc2ccccc21. The van der Waals surface area contributed by atoms with Crippen molar-refractivity contribution < 1.29 is 0 Å². The molecule has 0 heterocycles. The van der Waals surface area contributed by atoms with E-state index in [0.717, 1.165) is 6.42 Å². The quantitative estimate of drug-likeness (QED) is 0.496. The van der Waals surface area contributed by atoms with E-state index in [9.17, 15) is 0 Å². The smallest absolute Gasteiger partial charge is 0.00819 e. The lowest BCUT2D eigenvalue weighted by molar-refractivity contribution is 1.31. The van der Waals surface area contributed by atoms with Gasteiger partial charge in [0.2, 0.25) is 0 Å². The minimum atomic E-state index is 1.11. The molecule has 0 bridgehead atoms. The van der Waals surface area contributed by atoms with Gasteiger partial charge in [0.15, 0.2) is 0 Å². The average Bonchev–Trinajstić information content (AvgIpc) is 2.34. The van der Waals surface area contributed by atoms with Gasteiger partial charge in [0.1, 0.15) is 0 Å². The molecule has 0 amide bonds. The summed E-state index contributed by atoms with van der Waals surface area (Å²) in [5, 5.41) is 1.34. The molecule has 50 valence electrons. The first-order chi connectivity index (χ1) is 4.88. The van der Waals surface area contributed by atoms with Crippen LogP contribution in [0.4, 0.5) is 0 Å². The van der Waals surface area contributed by atoms with Gasteiger partial charge in [0.25, 0.3) is 0 Å². The van der Waals surface area contributed by atoms with Gasteiger partial charge in [-0.2, -0.15) is 0 Å². The second kappa shape index (κ2) is 2.21. The molecule has 1 heteroatoms. The zero-order valence-electron chi connectivity index (χ0n) is 5.67. The minimum Gasteiger partial charge on any atom is -0.105 e. The first kappa shape index (κ1) is 6.12. The molecule has 1 aliphatic rings. The van der Waals surface area contributed by atoms with Crippen molar-refractivity contribution in [3.05, 3.63) is 41.5 Å². The number of hydrogen-bond donors (Lipinski definition) is 0. The number of allylic oxidation sites excluding steroid dienone is 1. The molecule has 1 unspecified atom stereocenters. The van der Waals surface area contributed by atoms with Crippen molar-refractivity contribution in [2.75, 3.05) is 0 Å². The predicted octanol–water partition coefficient (Wildman–Crippen LogP) is 2.46. The van der Waals surface area contributed by atoms with E-state index in [-0.39, 0.29) is 0 Å². The van der Waals surface area contributed by atoms with E-state index in [0.29, 0.717) is 0 Å². The van der Waals surface area contributed by atoms with Gasteiger partial charge < -0.3 is 0 Å². The minimum absolute atomic E-state index is 1.11. The summed E-state index contributed by atoms with van der Waals surface area (Å²) in [6.07, 6.45) is 3.35. The van der Waals surface area contributed by atoms with Gasteiger partial charge in [-0.15, -0.1) is 9.24 Å².